The van der Waals surface area contributed by atoms with E-state index in [-0.39, 0.29) is 5.91 Å². The van der Waals surface area contributed by atoms with E-state index in [0.717, 1.165) is 35.6 Å². The number of benzene rings is 2. The number of nitrogens with zero attached hydrogens (tertiary/aromatic N) is 3. The molecule has 33 heavy (non-hydrogen) atoms. The number of fused-ring (bicyclic) bond motifs is 1. The van der Waals surface area contributed by atoms with Crippen LogP contribution in [0.25, 0.3) is 11.0 Å². The van der Waals surface area contributed by atoms with Gasteiger partial charge in [0.05, 0.1) is 24.2 Å². The smallest absolute Gasteiger partial charge is 0.270 e. The molecule has 2 aromatic heterocycles. The maximum absolute atomic E-state index is 12.4. The van der Waals surface area contributed by atoms with Gasteiger partial charge >= 0.3 is 0 Å². The van der Waals surface area contributed by atoms with Crippen molar-refractivity contribution in [2.75, 3.05) is 6.61 Å². The first-order valence-electron chi connectivity index (χ1n) is 11.4. The van der Waals surface area contributed by atoms with Crippen molar-refractivity contribution in [2.45, 2.75) is 46.2 Å². The van der Waals surface area contributed by atoms with E-state index in [1.54, 1.807) is 24.4 Å². The van der Waals surface area contributed by atoms with Gasteiger partial charge in [0.15, 0.2) is 0 Å². The predicted molar refractivity (Wildman–Crippen MR) is 131 cm³/mol. The highest BCUT2D eigenvalue weighted by Crippen LogP contribution is 2.27. The van der Waals surface area contributed by atoms with Crippen LogP contribution in [0.15, 0.2) is 66.9 Å². The van der Waals surface area contributed by atoms with Gasteiger partial charge in [-0.05, 0) is 60.7 Å². The minimum atomic E-state index is -0.210. The Bertz CT molecular complexity index is 1230. The Morgan fingerprint density at radius 3 is 2.70 bits per heavy atom. The van der Waals surface area contributed by atoms with Crippen molar-refractivity contribution in [3.63, 3.8) is 0 Å². The SMILES string of the molecule is Cc1ccc(C(C)C)c(OCCCn2c(CNC(=O)c3ccccn3)nc3ccccc32)c1. The highest BCUT2D eigenvalue weighted by atomic mass is 16.5. The van der Waals surface area contributed by atoms with E-state index in [2.05, 4.69) is 59.9 Å². The molecular weight excluding hydrogens is 412 g/mol. The third-order valence-corrected chi connectivity index (χ3v) is 5.61. The van der Waals surface area contributed by atoms with Crippen LogP contribution in [0, 0.1) is 6.92 Å². The molecule has 0 aliphatic carbocycles. The molecule has 0 saturated heterocycles. The molecule has 0 aliphatic heterocycles. The van der Waals surface area contributed by atoms with Crippen molar-refractivity contribution in [1.29, 1.82) is 0 Å². The van der Waals surface area contributed by atoms with Crippen molar-refractivity contribution in [2.24, 2.45) is 0 Å². The molecule has 2 aromatic carbocycles. The topological polar surface area (TPSA) is 69.0 Å². The standard InChI is InChI=1S/C27H30N4O2/c1-19(2)21-13-12-20(3)17-25(21)33-16-8-15-31-24-11-5-4-9-22(24)30-26(31)18-29-27(32)23-10-6-7-14-28-23/h4-7,9-14,17,19H,8,15-16,18H2,1-3H3,(H,29,32). The summed E-state index contributed by atoms with van der Waals surface area (Å²) in [5.74, 6) is 1.98. The number of hydrogen-bond donors (Lipinski definition) is 1. The third kappa shape index (κ3) is 5.40. The summed E-state index contributed by atoms with van der Waals surface area (Å²) in [7, 11) is 0. The number of pyridine rings is 1. The lowest BCUT2D eigenvalue weighted by Gasteiger charge is -2.15. The summed E-state index contributed by atoms with van der Waals surface area (Å²) in [6.45, 7) is 8.13. The van der Waals surface area contributed by atoms with E-state index in [9.17, 15) is 4.79 Å². The van der Waals surface area contributed by atoms with Gasteiger partial charge in [0.1, 0.15) is 17.3 Å². The van der Waals surface area contributed by atoms with Crippen LogP contribution in [-0.4, -0.2) is 27.0 Å². The Morgan fingerprint density at radius 1 is 1.09 bits per heavy atom. The number of para-hydroxylation sites is 2. The first-order chi connectivity index (χ1) is 16.0. The Balaban J connectivity index is 1.44. The Hall–Kier alpha value is -3.67. The molecule has 0 saturated carbocycles. The molecule has 0 bridgehead atoms. The summed E-state index contributed by atoms with van der Waals surface area (Å²) in [6, 6.07) is 19.7. The number of hydrogen-bond acceptors (Lipinski definition) is 4. The summed E-state index contributed by atoms with van der Waals surface area (Å²) in [5, 5.41) is 2.94. The molecule has 0 atom stereocenters. The summed E-state index contributed by atoms with van der Waals surface area (Å²) < 4.78 is 8.34. The number of rotatable bonds is 9. The molecule has 1 N–H and O–H groups in total. The van der Waals surface area contributed by atoms with Crippen molar-refractivity contribution in [1.82, 2.24) is 19.9 Å². The highest BCUT2D eigenvalue weighted by Gasteiger charge is 2.13. The minimum absolute atomic E-state index is 0.210. The summed E-state index contributed by atoms with van der Waals surface area (Å²) >= 11 is 0. The van der Waals surface area contributed by atoms with Crippen LogP contribution in [-0.2, 0) is 13.1 Å². The number of amides is 1. The second-order valence-corrected chi connectivity index (χ2v) is 8.46. The van der Waals surface area contributed by atoms with Crippen LogP contribution in [0.3, 0.4) is 0 Å². The maximum atomic E-state index is 12.4. The van der Waals surface area contributed by atoms with E-state index in [1.807, 2.05) is 18.2 Å². The molecule has 170 valence electrons. The third-order valence-electron chi connectivity index (χ3n) is 5.61. The van der Waals surface area contributed by atoms with Crippen LogP contribution in [0.1, 0.15) is 53.6 Å². The molecule has 6 heteroatoms. The zero-order valence-corrected chi connectivity index (χ0v) is 19.4. The lowest BCUT2D eigenvalue weighted by Crippen LogP contribution is -2.25. The van der Waals surface area contributed by atoms with Crippen LogP contribution >= 0.6 is 0 Å². The summed E-state index contributed by atoms with van der Waals surface area (Å²) in [4.78, 5) is 21.3. The van der Waals surface area contributed by atoms with Gasteiger partial charge < -0.3 is 14.6 Å². The van der Waals surface area contributed by atoms with Gasteiger partial charge in [0.25, 0.3) is 5.91 Å². The van der Waals surface area contributed by atoms with Gasteiger partial charge in [-0.3, -0.25) is 9.78 Å². The number of aromatic nitrogens is 3. The van der Waals surface area contributed by atoms with Gasteiger partial charge in [0, 0.05) is 12.7 Å². The lowest BCUT2D eigenvalue weighted by atomic mass is 10.0. The zero-order valence-electron chi connectivity index (χ0n) is 19.4. The summed E-state index contributed by atoms with van der Waals surface area (Å²) in [6.07, 6.45) is 2.44. The molecule has 2 heterocycles. The second-order valence-electron chi connectivity index (χ2n) is 8.46. The quantitative estimate of drug-likeness (QED) is 0.359. The number of carbonyl (C=O) groups excluding carboxylic acids is 1. The lowest BCUT2D eigenvalue weighted by molar-refractivity contribution is 0.0944. The second kappa shape index (κ2) is 10.3. The average Bonchev–Trinajstić information content (AvgIpc) is 3.18. The first kappa shape index (κ1) is 22.5. The number of nitrogens with one attached hydrogen (secondary N) is 1. The molecule has 6 nitrogen and oxygen atoms in total. The van der Waals surface area contributed by atoms with E-state index >= 15 is 0 Å². The molecule has 0 spiro atoms. The molecule has 4 aromatic rings. The average molecular weight is 443 g/mol. The number of aryl methyl sites for hydroxylation is 2. The van der Waals surface area contributed by atoms with Crippen molar-refractivity contribution >= 4 is 16.9 Å². The monoisotopic (exact) mass is 442 g/mol. The largest absolute Gasteiger partial charge is 0.493 e. The number of ether oxygens (including phenoxy) is 1. The Labute approximate surface area is 194 Å². The van der Waals surface area contributed by atoms with Gasteiger partial charge in [-0.25, -0.2) is 4.98 Å². The van der Waals surface area contributed by atoms with E-state index in [1.165, 1.54) is 11.1 Å². The normalized spacial score (nSPS) is 11.2. The van der Waals surface area contributed by atoms with Crippen LogP contribution < -0.4 is 10.1 Å². The molecule has 0 fully saturated rings. The molecule has 0 unspecified atom stereocenters. The van der Waals surface area contributed by atoms with Crippen molar-refractivity contribution in [3.05, 3.63) is 89.5 Å². The minimum Gasteiger partial charge on any atom is -0.493 e. The van der Waals surface area contributed by atoms with Crippen LogP contribution in [0.4, 0.5) is 0 Å². The fourth-order valence-electron chi connectivity index (χ4n) is 3.91. The maximum Gasteiger partial charge on any atom is 0.270 e. The number of carbonyl (C=O) groups is 1. The number of imidazole rings is 1. The van der Waals surface area contributed by atoms with E-state index in [4.69, 9.17) is 9.72 Å². The highest BCUT2D eigenvalue weighted by molar-refractivity contribution is 5.92. The van der Waals surface area contributed by atoms with Crippen LogP contribution in [0.2, 0.25) is 0 Å². The first-order valence-corrected chi connectivity index (χ1v) is 11.4. The Morgan fingerprint density at radius 2 is 1.91 bits per heavy atom. The zero-order chi connectivity index (χ0) is 23.2. The molecule has 1 amide bonds. The van der Waals surface area contributed by atoms with Gasteiger partial charge in [-0.15, -0.1) is 0 Å². The molecular formula is C27H30N4O2. The fourth-order valence-corrected chi connectivity index (χ4v) is 3.91. The van der Waals surface area contributed by atoms with E-state index in [0.29, 0.717) is 24.8 Å². The molecule has 0 aliphatic rings. The van der Waals surface area contributed by atoms with Gasteiger partial charge in [0.2, 0.25) is 0 Å². The fraction of sp³-hybridized carbons (Fsp3) is 0.296. The van der Waals surface area contributed by atoms with Crippen molar-refractivity contribution in [3.8, 4) is 5.75 Å². The van der Waals surface area contributed by atoms with Crippen molar-refractivity contribution < 1.29 is 9.53 Å². The van der Waals surface area contributed by atoms with Gasteiger partial charge in [-0.1, -0.05) is 44.2 Å². The Kier molecular flexibility index (Phi) is 7.03. The summed E-state index contributed by atoms with van der Waals surface area (Å²) in [5.41, 5.74) is 4.79. The predicted octanol–water partition coefficient (Wildman–Crippen LogP) is 5.26. The molecule has 0 radical (unpaired) electrons. The van der Waals surface area contributed by atoms with Gasteiger partial charge in [-0.2, -0.15) is 0 Å². The molecule has 4 rings (SSSR count). The van der Waals surface area contributed by atoms with E-state index < -0.39 is 0 Å². The van der Waals surface area contributed by atoms with Crippen LogP contribution in [0.5, 0.6) is 5.75 Å².